The van der Waals surface area contributed by atoms with Crippen LogP contribution in [0.2, 0.25) is 0 Å². The van der Waals surface area contributed by atoms with Crippen LogP contribution >= 0.6 is 10.7 Å². The third kappa shape index (κ3) is 14.1. The minimum absolute atomic E-state index is 0.104. The van der Waals surface area contributed by atoms with Crippen LogP contribution in [0.5, 0.6) is 0 Å². The monoisotopic (exact) mass is 260 g/mol. The zero-order valence-corrected chi connectivity index (χ0v) is 10.3. The van der Waals surface area contributed by atoms with Gasteiger partial charge in [-0.15, -0.1) is 0 Å². The molecular formula is C8H17ClO5S. The fourth-order valence-corrected chi connectivity index (χ4v) is 1.29. The molecule has 0 aliphatic heterocycles. The summed E-state index contributed by atoms with van der Waals surface area (Å²) in [6, 6.07) is 0. The molecule has 7 heteroatoms. The van der Waals surface area contributed by atoms with Gasteiger partial charge in [0.05, 0.1) is 25.6 Å². The average molecular weight is 261 g/mol. The Morgan fingerprint density at radius 2 is 1.60 bits per heavy atom. The van der Waals surface area contributed by atoms with Gasteiger partial charge in [-0.05, 0) is 6.42 Å². The van der Waals surface area contributed by atoms with Crippen LogP contribution in [-0.4, -0.2) is 54.3 Å². The van der Waals surface area contributed by atoms with Crippen LogP contribution in [0.25, 0.3) is 0 Å². The van der Waals surface area contributed by atoms with Crippen molar-refractivity contribution in [1.82, 2.24) is 0 Å². The molecule has 0 aromatic rings. The number of rotatable bonds is 10. The fourth-order valence-electron chi connectivity index (χ4n) is 0.786. The van der Waals surface area contributed by atoms with E-state index in [1.54, 1.807) is 7.11 Å². The Morgan fingerprint density at radius 1 is 1.00 bits per heavy atom. The molecule has 0 aromatic carbocycles. The molecule has 0 radical (unpaired) electrons. The van der Waals surface area contributed by atoms with Gasteiger partial charge >= 0.3 is 0 Å². The predicted molar refractivity (Wildman–Crippen MR) is 57.8 cm³/mol. The van der Waals surface area contributed by atoms with E-state index in [2.05, 4.69) is 0 Å². The van der Waals surface area contributed by atoms with E-state index in [9.17, 15) is 8.42 Å². The number of halogens is 1. The molecule has 0 aromatic heterocycles. The third-order valence-corrected chi connectivity index (χ3v) is 2.60. The molecule has 0 saturated carbocycles. The second-order valence-electron chi connectivity index (χ2n) is 2.81. The van der Waals surface area contributed by atoms with Crippen molar-refractivity contribution >= 4 is 19.7 Å². The first kappa shape index (κ1) is 15.1. The van der Waals surface area contributed by atoms with Crippen molar-refractivity contribution < 1.29 is 22.6 Å². The largest absolute Gasteiger partial charge is 0.385 e. The Bertz CT molecular complexity index is 229. The highest BCUT2D eigenvalue weighted by atomic mass is 35.7. The van der Waals surface area contributed by atoms with Crippen LogP contribution in [0.3, 0.4) is 0 Å². The van der Waals surface area contributed by atoms with E-state index in [1.807, 2.05) is 0 Å². The summed E-state index contributed by atoms with van der Waals surface area (Å²) < 4.78 is 36.0. The topological polar surface area (TPSA) is 61.8 Å². The fraction of sp³-hybridized carbons (Fsp3) is 1.00. The van der Waals surface area contributed by atoms with E-state index in [0.717, 1.165) is 6.42 Å². The SMILES string of the molecule is COCCCOCCOCCS(=O)(=O)Cl. The second-order valence-corrected chi connectivity index (χ2v) is 5.71. The van der Waals surface area contributed by atoms with Crippen LogP contribution in [0.1, 0.15) is 6.42 Å². The van der Waals surface area contributed by atoms with Crippen LogP contribution < -0.4 is 0 Å². The Morgan fingerprint density at radius 3 is 2.13 bits per heavy atom. The van der Waals surface area contributed by atoms with Crippen molar-refractivity contribution in [1.29, 1.82) is 0 Å². The summed E-state index contributed by atoms with van der Waals surface area (Å²) in [7, 11) is 3.17. The quantitative estimate of drug-likeness (QED) is 0.426. The van der Waals surface area contributed by atoms with Crippen LogP contribution in [0.15, 0.2) is 0 Å². The lowest BCUT2D eigenvalue weighted by Crippen LogP contribution is -2.11. The Balaban J connectivity index is 3.06. The molecule has 92 valence electrons. The normalized spacial score (nSPS) is 11.9. The molecule has 0 heterocycles. The number of methoxy groups -OCH3 is 1. The number of hydrogen-bond acceptors (Lipinski definition) is 5. The van der Waals surface area contributed by atoms with Gasteiger partial charge < -0.3 is 14.2 Å². The maximum atomic E-state index is 10.5. The summed E-state index contributed by atoms with van der Waals surface area (Å²) >= 11 is 0. The second kappa shape index (κ2) is 9.35. The van der Waals surface area contributed by atoms with Gasteiger partial charge in [0.25, 0.3) is 0 Å². The van der Waals surface area contributed by atoms with E-state index in [-0.39, 0.29) is 12.4 Å². The summed E-state index contributed by atoms with van der Waals surface area (Å²) in [5.74, 6) is -0.168. The minimum Gasteiger partial charge on any atom is -0.385 e. The number of ether oxygens (including phenoxy) is 3. The standard InChI is InChI=1S/C8H17ClO5S/c1-12-3-2-4-13-5-6-14-7-8-15(9,10)11/h2-8H2,1H3. The summed E-state index contributed by atoms with van der Waals surface area (Å²) in [5.41, 5.74) is 0. The zero-order chi connectivity index (χ0) is 11.6. The third-order valence-electron chi connectivity index (χ3n) is 1.48. The summed E-state index contributed by atoms with van der Waals surface area (Å²) in [6.45, 7) is 2.22. The van der Waals surface area contributed by atoms with E-state index in [4.69, 9.17) is 24.9 Å². The first-order chi connectivity index (χ1) is 7.06. The molecule has 15 heavy (non-hydrogen) atoms. The zero-order valence-electron chi connectivity index (χ0n) is 8.78. The Hall–Kier alpha value is 0.120. The molecule has 0 aliphatic rings. The highest BCUT2D eigenvalue weighted by Gasteiger charge is 2.03. The van der Waals surface area contributed by atoms with Crippen LogP contribution in [-0.2, 0) is 23.3 Å². The maximum Gasteiger partial charge on any atom is 0.234 e. The molecule has 0 rings (SSSR count). The molecule has 0 aliphatic carbocycles. The van der Waals surface area contributed by atoms with Crippen molar-refractivity contribution in [3.05, 3.63) is 0 Å². The first-order valence-corrected chi connectivity index (χ1v) is 7.11. The van der Waals surface area contributed by atoms with Crippen molar-refractivity contribution in [2.45, 2.75) is 6.42 Å². The highest BCUT2D eigenvalue weighted by Crippen LogP contribution is 1.95. The molecule has 0 fully saturated rings. The smallest absolute Gasteiger partial charge is 0.234 e. The van der Waals surface area contributed by atoms with Crippen LogP contribution in [0.4, 0.5) is 0 Å². The highest BCUT2D eigenvalue weighted by molar-refractivity contribution is 8.13. The molecule has 0 bridgehead atoms. The molecule has 0 spiro atoms. The predicted octanol–water partition coefficient (Wildman–Crippen LogP) is 0.625. The average Bonchev–Trinajstić information content (AvgIpc) is 2.14. The summed E-state index contributed by atoms with van der Waals surface area (Å²) in [4.78, 5) is 0. The summed E-state index contributed by atoms with van der Waals surface area (Å²) in [5, 5.41) is 0. The van der Waals surface area contributed by atoms with E-state index in [1.165, 1.54) is 0 Å². The molecule has 0 amide bonds. The maximum absolute atomic E-state index is 10.5. The van der Waals surface area contributed by atoms with E-state index >= 15 is 0 Å². The van der Waals surface area contributed by atoms with Gasteiger partial charge in [-0.25, -0.2) is 8.42 Å². The van der Waals surface area contributed by atoms with Crippen molar-refractivity contribution in [2.75, 3.05) is 45.9 Å². The van der Waals surface area contributed by atoms with Crippen molar-refractivity contribution in [2.24, 2.45) is 0 Å². The molecule has 5 nitrogen and oxygen atoms in total. The Labute approximate surface area is 95.1 Å². The molecule has 0 saturated heterocycles. The van der Waals surface area contributed by atoms with Gasteiger partial charge in [0.15, 0.2) is 0 Å². The first-order valence-electron chi connectivity index (χ1n) is 4.63. The number of hydrogen-bond donors (Lipinski definition) is 0. The molecular weight excluding hydrogens is 244 g/mol. The van der Waals surface area contributed by atoms with Gasteiger partial charge in [-0.1, -0.05) is 0 Å². The van der Waals surface area contributed by atoms with Gasteiger partial charge in [0.2, 0.25) is 9.05 Å². The minimum atomic E-state index is -3.44. The lowest BCUT2D eigenvalue weighted by Gasteiger charge is -2.04. The van der Waals surface area contributed by atoms with Gasteiger partial charge in [-0.2, -0.15) is 0 Å². The van der Waals surface area contributed by atoms with Crippen LogP contribution in [0, 0.1) is 0 Å². The van der Waals surface area contributed by atoms with Gasteiger partial charge in [-0.3, -0.25) is 0 Å². The lowest BCUT2D eigenvalue weighted by molar-refractivity contribution is 0.0447. The molecule has 0 atom stereocenters. The van der Waals surface area contributed by atoms with Crippen molar-refractivity contribution in [3.63, 3.8) is 0 Å². The van der Waals surface area contributed by atoms with Gasteiger partial charge in [0, 0.05) is 31.0 Å². The van der Waals surface area contributed by atoms with E-state index in [0.29, 0.717) is 26.4 Å². The summed E-state index contributed by atoms with van der Waals surface area (Å²) in [6.07, 6.45) is 0.840. The van der Waals surface area contributed by atoms with E-state index < -0.39 is 9.05 Å². The van der Waals surface area contributed by atoms with Gasteiger partial charge in [0.1, 0.15) is 0 Å². The van der Waals surface area contributed by atoms with Crippen molar-refractivity contribution in [3.8, 4) is 0 Å². The Kier molecular flexibility index (Phi) is 9.43. The molecule has 0 N–H and O–H groups in total. The lowest BCUT2D eigenvalue weighted by atomic mass is 10.5. The molecule has 0 unspecified atom stereocenters.